The largest absolute Gasteiger partial charge is 0.455 e. The van der Waals surface area contributed by atoms with E-state index in [1.165, 1.54) is 0 Å². The number of likely N-dealkylation sites (tertiary alicyclic amines) is 1. The van der Waals surface area contributed by atoms with Gasteiger partial charge in [-0.25, -0.2) is 0 Å². The molecule has 0 saturated carbocycles. The van der Waals surface area contributed by atoms with Crippen LogP contribution in [-0.2, 0) is 4.74 Å². The minimum Gasteiger partial charge on any atom is -0.455 e. The smallest absolute Gasteiger partial charge is 0.257 e. The summed E-state index contributed by atoms with van der Waals surface area (Å²) in [5.41, 5.74) is 0.568. The van der Waals surface area contributed by atoms with E-state index in [9.17, 15) is 4.79 Å². The van der Waals surface area contributed by atoms with Crippen molar-refractivity contribution in [3.63, 3.8) is 0 Å². The minimum atomic E-state index is -0.0149. The zero-order valence-electron chi connectivity index (χ0n) is 13.9. The van der Waals surface area contributed by atoms with Gasteiger partial charge in [0, 0.05) is 25.9 Å². The lowest BCUT2D eigenvalue weighted by Crippen LogP contribution is -2.43. The van der Waals surface area contributed by atoms with E-state index in [1.807, 2.05) is 36.1 Å². The Hall–Kier alpha value is -2.40. The summed E-state index contributed by atoms with van der Waals surface area (Å²) in [4.78, 5) is 18.8. The predicted molar refractivity (Wildman–Crippen MR) is 91.3 cm³/mol. The van der Waals surface area contributed by atoms with Crippen LogP contribution < -0.4 is 4.74 Å². The summed E-state index contributed by atoms with van der Waals surface area (Å²) in [6, 6.07) is 11.0. The first-order valence-corrected chi connectivity index (χ1v) is 8.35. The minimum absolute atomic E-state index is 0.0149. The molecule has 1 saturated heterocycles. The number of para-hydroxylation sites is 1. The summed E-state index contributed by atoms with van der Waals surface area (Å²) in [5.74, 6) is 1.15. The summed E-state index contributed by atoms with van der Waals surface area (Å²) in [6.45, 7) is 4.04. The molecular formula is C19H22N2O3. The van der Waals surface area contributed by atoms with Gasteiger partial charge < -0.3 is 14.4 Å². The van der Waals surface area contributed by atoms with E-state index in [1.54, 1.807) is 24.5 Å². The second-order valence-corrected chi connectivity index (χ2v) is 5.76. The van der Waals surface area contributed by atoms with Crippen molar-refractivity contribution in [2.45, 2.75) is 25.9 Å². The van der Waals surface area contributed by atoms with Crippen LogP contribution in [0, 0.1) is 0 Å². The quantitative estimate of drug-likeness (QED) is 0.843. The van der Waals surface area contributed by atoms with Crippen LogP contribution in [0.2, 0.25) is 0 Å². The molecule has 1 aliphatic heterocycles. The maximum atomic E-state index is 12.9. The summed E-state index contributed by atoms with van der Waals surface area (Å²) in [5, 5.41) is 0. The fourth-order valence-corrected chi connectivity index (χ4v) is 2.93. The highest BCUT2D eigenvalue weighted by atomic mass is 16.5. The average molecular weight is 326 g/mol. The van der Waals surface area contributed by atoms with Gasteiger partial charge in [-0.3, -0.25) is 9.78 Å². The van der Waals surface area contributed by atoms with Gasteiger partial charge >= 0.3 is 0 Å². The molecule has 1 atom stereocenters. The van der Waals surface area contributed by atoms with E-state index in [0.29, 0.717) is 30.2 Å². The maximum absolute atomic E-state index is 12.9. The molecule has 1 amide bonds. The van der Waals surface area contributed by atoms with Gasteiger partial charge in [-0.05, 0) is 44.0 Å². The van der Waals surface area contributed by atoms with E-state index >= 15 is 0 Å². The van der Waals surface area contributed by atoms with Gasteiger partial charge in [-0.15, -0.1) is 0 Å². The van der Waals surface area contributed by atoms with Gasteiger partial charge in [0.25, 0.3) is 5.91 Å². The van der Waals surface area contributed by atoms with Crippen molar-refractivity contribution in [2.75, 3.05) is 19.7 Å². The van der Waals surface area contributed by atoms with Gasteiger partial charge in [0.2, 0.25) is 0 Å². The fourth-order valence-electron chi connectivity index (χ4n) is 2.93. The molecule has 0 N–H and O–H groups in total. The number of pyridine rings is 1. The highest BCUT2D eigenvalue weighted by Gasteiger charge is 2.26. The van der Waals surface area contributed by atoms with Crippen molar-refractivity contribution in [3.8, 4) is 11.5 Å². The van der Waals surface area contributed by atoms with Crippen molar-refractivity contribution in [2.24, 2.45) is 0 Å². The highest BCUT2D eigenvalue weighted by Crippen LogP contribution is 2.27. The van der Waals surface area contributed by atoms with Gasteiger partial charge in [0.05, 0.1) is 17.9 Å². The van der Waals surface area contributed by atoms with Gasteiger partial charge in [-0.1, -0.05) is 12.1 Å². The molecule has 0 aliphatic carbocycles. The zero-order valence-corrected chi connectivity index (χ0v) is 13.9. The first-order valence-electron chi connectivity index (χ1n) is 8.35. The maximum Gasteiger partial charge on any atom is 0.257 e. The zero-order chi connectivity index (χ0) is 16.8. The molecule has 2 aromatic rings. The SMILES string of the molecule is CCO[C@@H]1CCCN(C(=O)c2ccccc2Oc2cccnc2)C1. The van der Waals surface area contributed by atoms with Crippen LogP contribution in [0.1, 0.15) is 30.1 Å². The highest BCUT2D eigenvalue weighted by molar-refractivity contribution is 5.97. The van der Waals surface area contributed by atoms with Crippen LogP contribution in [0.5, 0.6) is 11.5 Å². The molecule has 0 radical (unpaired) electrons. The first kappa shape index (κ1) is 16.5. The molecule has 3 rings (SSSR count). The summed E-state index contributed by atoms with van der Waals surface area (Å²) in [6.07, 6.45) is 5.41. The number of aromatic nitrogens is 1. The topological polar surface area (TPSA) is 51.7 Å². The average Bonchev–Trinajstić information content (AvgIpc) is 2.63. The third-order valence-electron chi connectivity index (χ3n) is 4.05. The molecule has 0 spiro atoms. The van der Waals surface area contributed by atoms with E-state index in [0.717, 1.165) is 19.4 Å². The molecule has 0 unspecified atom stereocenters. The van der Waals surface area contributed by atoms with Crippen LogP contribution in [0.3, 0.4) is 0 Å². The van der Waals surface area contributed by atoms with Gasteiger partial charge in [0.1, 0.15) is 11.5 Å². The van der Waals surface area contributed by atoms with Crippen molar-refractivity contribution in [3.05, 3.63) is 54.4 Å². The Kier molecular flexibility index (Phi) is 5.43. The second-order valence-electron chi connectivity index (χ2n) is 5.76. The molecule has 1 aliphatic rings. The predicted octanol–water partition coefficient (Wildman–Crippen LogP) is 3.52. The lowest BCUT2D eigenvalue weighted by molar-refractivity contribution is 0.00716. The summed E-state index contributed by atoms with van der Waals surface area (Å²) < 4.78 is 11.5. The van der Waals surface area contributed by atoms with E-state index in [2.05, 4.69) is 4.98 Å². The van der Waals surface area contributed by atoms with E-state index < -0.39 is 0 Å². The molecule has 0 bridgehead atoms. The molecule has 24 heavy (non-hydrogen) atoms. The molecule has 1 aromatic heterocycles. The number of hydrogen-bond donors (Lipinski definition) is 0. The number of benzene rings is 1. The monoisotopic (exact) mass is 326 g/mol. The Bertz CT molecular complexity index is 673. The fraction of sp³-hybridized carbons (Fsp3) is 0.368. The van der Waals surface area contributed by atoms with Crippen LogP contribution in [-0.4, -0.2) is 41.6 Å². The van der Waals surface area contributed by atoms with Crippen molar-refractivity contribution < 1.29 is 14.3 Å². The van der Waals surface area contributed by atoms with Crippen LogP contribution in [0.15, 0.2) is 48.8 Å². The van der Waals surface area contributed by atoms with Crippen LogP contribution >= 0.6 is 0 Å². The Morgan fingerprint density at radius 1 is 1.29 bits per heavy atom. The molecule has 5 nitrogen and oxygen atoms in total. The number of carbonyl (C=O) groups is 1. The lowest BCUT2D eigenvalue weighted by atomic mass is 10.1. The second kappa shape index (κ2) is 7.93. The Labute approximate surface area is 142 Å². The Balaban J connectivity index is 1.77. The number of carbonyl (C=O) groups excluding carboxylic acids is 1. The number of amides is 1. The molecule has 126 valence electrons. The van der Waals surface area contributed by atoms with Gasteiger partial charge in [0.15, 0.2) is 0 Å². The van der Waals surface area contributed by atoms with Crippen molar-refractivity contribution in [1.29, 1.82) is 0 Å². The van der Waals surface area contributed by atoms with Crippen LogP contribution in [0.4, 0.5) is 0 Å². The standard InChI is InChI=1S/C19H22N2O3/c1-2-23-16-8-6-12-21(14-16)19(22)17-9-3-4-10-18(17)24-15-7-5-11-20-13-15/h3-5,7,9-11,13,16H,2,6,8,12,14H2,1H3/t16-/m1/s1. The molecule has 1 aromatic carbocycles. The Morgan fingerprint density at radius 3 is 2.96 bits per heavy atom. The van der Waals surface area contributed by atoms with Crippen LogP contribution in [0.25, 0.3) is 0 Å². The van der Waals surface area contributed by atoms with Crippen molar-refractivity contribution in [1.82, 2.24) is 9.88 Å². The molecular weight excluding hydrogens is 304 g/mol. The molecule has 2 heterocycles. The number of rotatable bonds is 5. The Morgan fingerprint density at radius 2 is 2.17 bits per heavy atom. The third-order valence-corrected chi connectivity index (χ3v) is 4.05. The number of piperidine rings is 1. The summed E-state index contributed by atoms with van der Waals surface area (Å²) in [7, 11) is 0. The third kappa shape index (κ3) is 3.92. The van der Waals surface area contributed by atoms with E-state index in [4.69, 9.17) is 9.47 Å². The van der Waals surface area contributed by atoms with Crippen molar-refractivity contribution >= 4 is 5.91 Å². The first-order chi connectivity index (χ1) is 11.8. The normalized spacial score (nSPS) is 17.5. The number of nitrogens with zero attached hydrogens (tertiary/aromatic N) is 2. The number of hydrogen-bond acceptors (Lipinski definition) is 4. The van der Waals surface area contributed by atoms with Gasteiger partial charge in [-0.2, -0.15) is 0 Å². The lowest BCUT2D eigenvalue weighted by Gasteiger charge is -2.32. The number of ether oxygens (including phenoxy) is 2. The molecule has 5 heteroatoms. The summed E-state index contributed by atoms with van der Waals surface area (Å²) >= 11 is 0. The van der Waals surface area contributed by atoms with E-state index in [-0.39, 0.29) is 12.0 Å². The molecule has 1 fully saturated rings.